The lowest BCUT2D eigenvalue weighted by atomic mass is 9.95. The topological polar surface area (TPSA) is 78.3 Å². The van der Waals surface area contributed by atoms with Crippen molar-refractivity contribution < 1.29 is 10.2 Å². The fraction of sp³-hybridized carbons (Fsp3) is 0.667. The molecule has 1 aromatic rings. The van der Waals surface area contributed by atoms with Crippen LogP contribution in [-0.4, -0.2) is 39.4 Å². The number of anilines is 1. The molecule has 18 heavy (non-hydrogen) atoms. The van der Waals surface area contributed by atoms with E-state index in [9.17, 15) is 0 Å². The van der Waals surface area contributed by atoms with E-state index in [-0.39, 0.29) is 18.6 Å². The standard InChI is InChI=1S/C12H20ClN3O2/c1-7-9(13)15-11(12(2,3)4)16-10(7)14-8(5-17)6-18/h8,17-18H,5-6H2,1-4H3,(H,14,15,16). The molecule has 0 saturated carbocycles. The Hall–Kier alpha value is -0.910. The zero-order chi connectivity index (χ0) is 13.9. The van der Waals surface area contributed by atoms with Gasteiger partial charge < -0.3 is 15.5 Å². The van der Waals surface area contributed by atoms with E-state index in [4.69, 9.17) is 21.8 Å². The van der Waals surface area contributed by atoms with E-state index >= 15 is 0 Å². The maximum atomic E-state index is 9.08. The highest BCUT2D eigenvalue weighted by Crippen LogP contribution is 2.26. The van der Waals surface area contributed by atoms with Crippen LogP contribution in [0.2, 0.25) is 5.15 Å². The normalized spacial score (nSPS) is 12.0. The zero-order valence-electron chi connectivity index (χ0n) is 11.2. The van der Waals surface area contributed by atoms with Crippen molar-refractivity contribution in [1.29, 1.82) is 0 Å². The first kappa shape index (κ1) is 15.1. The van der Waals surface area contributed by atoms with Crippen LogP contribution in [0.4, 0.5) is 5.82 Å². The van der Waals surface area contributed by atoms with Gasteiger partial charge in [0.2, 0.25) is 0 Å². The van der Waals surface area contributed by atoms with E-state index in [2.05, 4.69) is 15.3 Å². The summed E-state index contributed by atoms with van der Waals surface area (Å²) < 4.78 is 0. The smallest absolute Gasteiger partial charge is 0.137 e. The third-order valence-corrected chi connectivity index (χ3v) is 2.91. The quantitative estimate of drug-likeness (QED) is 0.725. The summed E-state index contributed by atoms with van der Waals surface area (Å²) in [7, 11) is 0. The molecule has 0 unspecified atom stereocenters. The van der Waals surface area contributed by atoms with Crippen LogP contribution in [0.15, 0.2) is 0 Å². The number of rotatable bonds is 4. The summed E-state index contributed by atoms with van der Waals surface area (Å²) in [6.45, 7) is 7.42. The van der Waals surface area contributed by atoms with Crippen molar-refractivity contribution in [1.82, 2.24) is 9.97 Å². The molecule has 1 heterocycles. The minimum absolute atomic E-state index is 0.178. The first-order valence-corrected chi connectivity index (χ1v) is 6.20. The minimum atomic E-state index is -0.456. The third-order valence-electron chi connectivity index (χ3n) is 2.54. The Morgan fingerprint density at radius 1 is 1.22 bits per heavy atom. The van der Waals surface area contributed by atoms with Gasteiger partial charge in [0.05, 0.1) is 19.3 Å². The number of aliphatic hydroxyl groups excluding tert-OH is 2. The van der Waals surface area contributed by atoms with Crippen LogP contribution < -0.4 is 5.32 Å². The maximum absolute atomic E-state index is 9.08. The van der Waals surface area contributed by atoms with Crippen LogP contribution in [0.25, 0.3) is 0 Å². The molecule has 0 atom stereocenters. The number of aromatic nitrogens is 2. The van der Waals surface area contributed by atoms with Crippen molar-refractivity contribution in [3.05, 3.63) is 16.5 Å². The summed E-state index contributed by atoms with van der Waals surface area (Å²) in [6, 6.07) is -0.456. The van der Waals surface area contributed by atoms with Crippen LogP contribution >= 0.6 is 11.6 Å². The molecular formula is C12H20ClN3O2. The largest absolute Gasteiger partial charge is 0.394 e. The summed E-state index contributed by atoms with van der Waals surface area (Å²) in [4.78, 5) is 8.66. The van der Waals surface area contributed by atoms with Crippen LogP contribution in [0.5, 0.6) is 0 Å². The second-order valence-corrected chi connectivity index (χ2v) is 5.63. The number of hydrogen-bond donors (Lipinski definition) is 3. The second-order valence-electron chi connectivity index (χ2n) is 5.27. The van der Waals surface area contributed by atoms with E-state index < -0.39 is 6.04 Å². The average molecular weight is 274 g/mol. The number of halogens is 1. The van der Waals surface area contributed by atoms with Gasteiger partial charge >= 0.3 is 0 Å². The van der Waals surface area contributed by atoms with E-state index in [1.807, 2.05) is 20.8 Å². The predicted molar refractivity (Wildman–Crippen MR) is 72.1 cm³/mol. The SMILES string of the molecule is Cc1c(Cl)nc(C(C)(C)C)nc1NC(CO)CO. The molecule has 0 radical (unpaired) electrons. The van der Waals surface area contributed by atoms with Crippen molar-refractivity contribution in [3.63, 3.8) is 0 Å². The molecular weight excluding hydrogens is 254 g/mol. The van der Waals surface area contributed by atoms with Crippen LogP contribution in [-0.2, 0) is 5.41 Å². The van der Waals surface area contributed by atoms with Crippen LogP contribution in [0.1, 0.15) is 32.2 Å². The Kier molecular flexibility index (Phi) is 4.90. The Balaban J connectivity index is 3.14. The monoisotopic (exact) mass is 273 g/mol. The van der Waals surface area contributed by atoms with Gasteiger partial charge in [-0.2, -0.15) is 0 Å². The van der Waals surface area contributed by atoms with E-state index in [0.29, 0.717) is 22.4 Å². The zero-order valence-corrected chi connectivity index (χ0v) is 11.9. The Morgan fingerprint density at radius 2 is 1.78 bits per heavy atom. The molecule has 1 rings (SSSR count). The van der Waals surface area contributed by atoms with Crippen molar-refractivity contribution in [2.75, 3.05) is 18.5 Å². The van der Waals surface area contributed by atoms with Gasteiger partial charge in [-0.05, 0) is 6.92 Å². The molecule has 1 aromatic heterocycles. The first-order chi connectivity index (χ1) is 8.29. The highest BCUT2D eigenvalue weighted by atomic mass is 35.5. The second kappa shape index (κ2) is 5.82. The van der Waals surface area contributed by atoms with E-state index in [1.165, 1.54) is 0 Å². The summed E-state index contributed by atoms with van der Waals surface area (Å²) >= 11 is 6.08. The van der Waals surface area contributed by atoms with Gasteiger partial charge in [-0.25, -0.2) is 9.97 Å². The van der Waals surface area contributed by atoms with Gasteiger partial charge in [0.15, 0.2) is 0 Å². The number of nitrogens with zero attached hydrogens (tertiary/aromatic N) is 2. The fourth-order valence-corrected chi connectivity index (χ4v) is 1.48. The van der Waals surface area contributed by atoms with Crippen molar-refractivity contribution in [2.24, 2.45) is 0 Å². The molecule has 0 aliphatic heterocycles. The number of hydrogen-bond acceptors (Lipinski definition) is 5. The highest BCUT2D eigenvalue weighted by Gasteiger charge is 2.21. The summed E-state index contributed by atoms with van der Waals surface area (Å²) in [5, 5.41) is 21.5. The molecule has 0 spiro atoms. The molecule has 102 valence electrons. The molecule has 3 N–H and O–H groups in total. The first-order valence-electron chi connectivity index (χ1n) is 5.82. The van der Waals surface area contributed by atoms with Crippen molar-refractivity contribution in [3.8, 4) is 0 Å². The molecule has 0 aromatic carbocycles. The Morgan fingerprint density at radius 3 is 2.22 bits per heavy atom. The third kappa shape index (κ3) is 3.54. The molecule has 0 amide bonds. The highest BCUT2D eigenvalue weighted by molar-refractivity contribution is 6.30. The molecule has 0 aliphatic rings. The molecule has 0 aliphatic carbocycles. The van der Waals surface area contributed by atoms with Gasteiger partial charge in [-0.1, -0.05) is 32.4 Å². The predicted octanol–water partition coefficient (Wildman–Crippen LogP) is 1.50. The number of nitrogens with one attached hydrogen (secondary N) is 1. The van der Waals surface area contributed by atoms with Crippen molar-refractivity contribution in [2.45, 2.75) is 39.2 Å². The van der Waals surface area contributed by atoms with E-state index in [0.717, 1.165) is 0 Å². The molecule has 0 fully saturated rings. The minimum Gasteiger partial charge on any atom is -0.394 e. The van der Waals surface area contributed by atoms with E-state index in [1.54, 1.807) is 6.92 Å². The Bertz CT molecular complexity index is 415. The van der Waals surface area contributed by atoms with Crippen molar-refractivity contribution >= 4 is 17.4 Å². The molecule has 0 bridgehead atoms. The van der Waals surface area contributed by atoms with Crippen LogP contribution in [0.3, 0.4) is 0 Å². The number of aliphatic hydroxyl groups is 2. The van der Waals surface area contributed by atoms with Gasteiger partial charge in [0.25, 0.3) is 0 Å². The molecule has 5 nitrogen and oxygen atoms in total. The summed E-state index contributed by atoms with van der Waals surface area (Å²) in [5.74, 6) is 1.17. The fourth-order valence-electron chi connectivity index (χ4n) is 1.31. The lowest BCUT2D eigenvalue weighted by Crippen LogP contribution is -2.29. The van der Waals surface area contributed by atoms with Gasteiger partial charge in [-0.15, -0.1) is 0 Å². The molecule has 0 saturated heterocycles. The maximum Gasteiger partial charge on any atom is 0.137 e. The van der Waals surface area contributed by atoms with Crippen LogP contribution in [0, 0.1) is 6.92 Å². The lowest BCUT2D eigenvalue weighted by molar-refractivity contribution is 0.203. The van der Waals surface area contributed by atoms with Gasteiger partial charge in [-0.3, -0.25) is 0 Å². The molecule has 6 heteroatoms. The summed E-state index contributed by atoms with van der Waals surface area (Å²) in [5.41, 5.74) is 0.485. The van der Waals surface area contributed by atoms with Gasteiger partial charge in [0.1, 0.15) is 16.8 Å². The average Bonchev–Trinajstić information content (AvgIpc) is 2.29. The van der Waals surface area contributed by atoms with Gasteiger partial charge in [0, 0.05) is 11.0 Å². The summed E-state index contributed by atoms with van der Waals surface area (Å²) in [6.07, 6.45) is 0. The lowest BCUT2D eigenvalue weighted by Gasteiger charge is -2.21. The Labute approximate surface area is 112 Å².